The Hall–Kier alpha value is -1.92. The molecule has 1 atom stereocenters. The summed E-state index contributed by atoms with van der Waals surface area (Å²) in [6.07, 6.45) is 0.943. The zero-order valence-electron chi connectivity index (χ0n) is 16.1. The maximum Gasteiger partial charge on any atom is 0.241 e. The third-order valence-corrected chi connectivity index (χ3v) is 5.31. The molecule has 142 valence electrons. The van der Waals surface area contributed by atoms with Gasteiger partial charge in [-0.3, -0.25) is 19.4 Å². The standard InChI is InChI=1S/C20H30N4O2/c1-15(2)21-20(26)16(3)23-12-10-22(11-13-23)14-19(25)24-9-8-17-6-4-5-7-18(17)24/h4-7,15-16H,8-14H2,1-3H3,(H,21,26). The zero-order valence-corrected chi connectivity index (χ0v) is 16.1. The number of benzene rings is 1. The van der Waals surface area contributed by atoms with Crippen molar-refractivity contribution >= 4 is 17.5 Å². The second-order valence-corrected chi connectivity index (χ2v) is 7.58. The molecule has 1 aromatic carbocycles. The van der Waals surface area contributed by atoms with E-state index in [2.05, 4.69) is 21.2 Å². The van der Waals surface area contributed by atoms with Crippen LogP contribution in [-0.2, 0) is 16.0 Å². The summed E-state index contributed by atoms with van der Waals surface area (Å²) in [5.41, 5.74) is 2.32. The van der Waals surface area contributed by atoms with Crippen LogP contribution >= 0.6 is 0 Å². The first kappa shape index (κ1) is 18.9. The van der Waals surface area contributed by atoms with Crippen LogP contribution in [0.3, 0.4) is 0 Å². The summed E-state index contributed by atoms with van der Waals surface area (Å²) in [7, 11) is 0. The number of rotatable bonds is 5. The predicted octanol–water partition coefficient (Wildman–Crippen LogP) is 1.11. The number of amides is 2. The maximum atomic E-state index is 12.7. The highest BCUT2D eigenvalue weighted by molar-refractivity contribution is 5.96. The summed E-state index contributed by atoms with van der Waals surface area (Å²) in [6, 6.07) is 8.20. The molecule has 2 heterocycles. The average Bonchev–Trinajstić information content (AvgIpc) is 3.05. The lowest BCUT2D eigenvalue weighted by Gasteiger charge is -2.37. The van der Waals surface area contributed by atoms with Crippen LogP contribution in [0.2, 0.25) is 0 Å². The van der Waals surface area contributed by atoms with Gasteiger partial charge in [0.05, 0.1) is 12.6 Å². The molecule has 6 heteroatoms. The maximum absolute atomic E-state index is 12.7. The van der Waals surface area contributed by atoms with Crippen molar-refractivity contribution in [2.45, 2.75) is 39.3 Å². The Kier molecular flexibility index (Phi) is 5.94. The predicted molar refractivity (Wildman–Crippen MR) is 103 cm³/mol. The smallest absolute Gasteiger partial charge is 0.241 e. The Bertz CT molecular complexity index is 653. The first-order chi connectivity index (χ1) is 12.5. The highest BCUT2D eigenvalue weighted by Gasteiger charge is 2.29. The van der Waals surface area contributed by atoms with Crippen LogP contribution < -0.4 is 10.2 Å². The van der Waals surface area contributed by atoms with Crippen molar-refractivity contribution in [1.29, 1.82) is 0 Å². The summed E-state index contributed by atoms with van der Waals surface area (Å²) in [5, 5.41) is 2.97. The van der Waals surface area contributed by atoms with Crippen LogP contribution in [0.25, 0.3) is 0 Å². The molecular formula is C20H30N4O2. The number of fused-ring (bicyclic) bond motifs is 1. The van der Waals surface area contributed by atoms with Gasteiger partial charge in [-0.25, -0.2) is 0 Å². The minimum absolute atomic E-state index is 0.0817. The van der Waals surface area contributed by atoms with E-state index in [0.717, 1.165) is 44.8 Å². The fourth-order valence-electron chi connectivity index (χ4n) is 3.75. The Morgan fingerprint density at radius 3 is 2.42 bits per heavy atom. The van der Waals surface area contributed by atoms with Crippen LogP contribution in [0.15, 0.2) is 24.3 Å². The van der Waals surface area contributed by atoms with Crippen molar-refractivity contribution in [3.05, 3.63) is 29.8 Å². The molecular weight excluding hydrogens is 328 g/mol. The van der Waals surface area contributed by atoms with Crippen molar-refractivity contribution in [3.63, 3.8) is 0 Å². The molecule has 0 saturated carbocycles. The van der Waals surface area contributed by atoms with Gasteiger partial charge in [-0.1, -0.05) is 18.2 Å². The van der Waals surface area contributed by atoms with E-state index < -0.39 is 0 Å². The second kappa shape index (κ2) is 8.18. The van der Waals surface area contributed by atoms with Crippen LogP contribution in [0, 0.1) is 0 Å². The van der Waals surface area contributed by atoms with Crippen molar-refractivity contribution < 1.29 is 9.59 Å². The lowest BCUT2D eigenvalue weighted by molar-refractivity contribution is -0.128. The monoisotopic (exact) mass is 358 g/mol. The molecule has 26 heavy (non-hydrogen) atoms. The quantitative estimate of drug-likeness (QED) is 0.857. The molecule has 1 saturated heterocycles. The summed E-state index contributed by atoms with van der Waals surface area (Å²) >= 11 is 0. The molecule has 0 radical (unpaired) electrons. The third-order valence-electron chi connectivity index (χ3n) is 5.31. The molecule has 0 spiro atoms. The molecule has 1 unspecified atom stereocenters. The van der Waals surface area contributed by atoms with E-state index in [1.165, 1.54) is 5.56 Å². The highest BCUT2D eigenvalue weighted by Crippen LogP contribution is 2.27. The average molecular weight is 358 g/mol. The SMILES string of the molecule is CC(C)NC(=O)C(C)N1CCN(CC(=O)N2CCc3ccccc32)CC1. The Labute approximate surface area is 156 Å². The molecule has 6 nitrogen and oxygen atoms in total. The van der Waals surface area contributed by atoms with Gasteiger partial charge in [0.25, 0.3) is 0 Å². The number of hydrogen-bond acceptors (Lipinski definition) is 4. The molecule has 0 aromatic heterocycles. The summed E-state index contributed by atoms with van der Waals surface area (Å²) < 4.78 is 0. The van der Waals surface area contributed by atoms with E-state index in [-0.39, 0.29) is 23.9 Å². The van der Waals surface area contributed by atoms with E-state index in [1.807, 2.05) is 43.9 Å². The minimum atomic E-state index is -0.124. The van der Waals surface area contributed by atoms with Crippen molar-refractivity contribution in [2.75, 3.05) is 44.2 Å². The highest BCUT2D eigenvalue weighted by atomic mass is 16.2. The summed E-state index contributed by atoms with van der Waals surface area (Å²) in [4.78, 5) is 31.2. The molecule has 2 amide bonds. The second-order valence-electron chi connectivity index (χ2n) is 7.58. The molecule has 1 fully saturated rings. The third kappa shape index (κ3) is 4.24. The first-order valence-corrected chi connectivity index (χ1v) is 9.60. The number of nitrogens with zero attached hydrogens (tertiary/aromatic N) is 3. The van der Waals surface area contributed by atoms with Crippen LogP contribution in [0.1, 0.15) is 26.3 Å². The first-order valence-electron chi connectivity index (χ1n) is 9.60. The zero-order chi connectivity index (χ0) is 18.7. The van der Waals surface area contributed by atoms with Crippen molar-refractivity contribution in [1.82, 2.24) is 15.1 Å². The molecule has 2 aliphatic heterocycles. The topological polar surface area (TPSA) is 55.9 Å². The van der Waals surface area contributed by atoms with Gasteiger partial charge in [-0.05, 0) is 38.8 Å². The van der Waals surface area contributed by atoms with E-state index in [9.17, 15) is 9.59 Å². The van der Waals surface area contributed by atoms with Gasteiger partial charge < -0.3 is 10.2 Å². The molecule has 1 aromatic rings. The largest absolute Gasteiger partial charge is 0.353 e. The Balaban J connectivity index is 1.49. The van der Waals surface area contributed by atoms with Crippen LogP contribution in [0.4, 0.5) is 5.69 Å². The fraction of sp³-hybridized carbons (Fsp3) is 0.600. The summed E-state index contributed by atoms with van der Waals surface area (Å²) in [5.74, 6) is 0.257. The Morgan fingerprint density at radius 1 is 1.04 bits per heavy atom. The van der Waals surface area contributed by atoms with E-state index in [4.69, 9.17) is 0 Å². The number of anilines is 1. The van der Waals surface area contributed by atoms with Gasteiger partial charge in [-0.2, -0.15) is 0 Å². The van der Waals surface area contributed by atoms with Gasteiger partial charge in [0.2, 0.25) is 11.8 Å². The van der Waals surface area contributed by atoms with Gasteiger partial charge >= 0.3 is 0 Å². The number of hydrogen-bond donors (Lipinski definition) is 1. The molecule has 2 aliphatic rings. The van der Waals surface area contributed by atoms with Crippen LogP contribution in [0.5, 0.6) is 0 Å². The number of carbonyl (C=O) groups excluding carboxylic acids is 2. The number of carbonyl (C=O) groups is 2. The van der Waals surface area contributed by atoms with E-state index >= 15 is 0 Å². The van der Waals surface area contributed by atoms with Gasteiger partial charge in [0, 0.05) is 44.5 Å². The van der Waals surface area contributed by atoms with E-state index in [1.54, 1.807) is 0 Å². The number of nitrogens with one attached hydrogen (secondary N) is 1. The number of piperazine rings is 1. The van der Waals surface area contributed by atoms with Gasteiger partial charge in [0.15, 0.2) is 0 Å². The molecule has 0 aliphatic carbocycles. The fourth-order valence-corrected chi connectivity index (χ4v) is 3.75. The van der Waals surface area contributed by atoms with Gasteiger partial charge in [-0.15, -0.1) is 0 Å². The van der Waals surface area contributed by atoms with E-state index in [0.29, 0.717) is 6.54 Å². The van der Waals surface area contributed by atoms with Gasteiger partial charge in [0.1, 0.15) is 0 Å². The lowest BCUT2D eigenvalue weighted by atomic mass is 10.2. The normalized spacial score (nSPS) is 19.5. The molecule has 1 N–H and O–H groups in total. The minimum Gasteiger partial charge on any atom is -0.353 e. The summed E-state index contributed by atoms with van der Waals surface area (Å²) in [6.45, 7) is 10.4. The molecule has 3 rings (SSSR count). The van der Waals surface area contributed by atoms with Crippen molar-refractivity contribution in [2.24, 2.45) is 0 Å². The number of para-hydroxylation sites is 1. The Morgan fingerprint density at radius 2 is 1.73 bits per heavy atom. The molecule has 0 bridgehead atoms. The lowest BCUT2D eigenvalue weighted by Crippen LogP contribution is -2.55. The van der Waals surface area contributed by atoms with Crippen LogP contribution in [-0.4, -0.2) is 73.0 Å². The van der Waals surface area contributed by atoms with Crippen molar-refractivity contribution in [3.8, 4) is 0 Å².